The van der Waals surface area contributed by atoms with Gasteiger partial charge in [-0.3, -0.25) is 0 Å². The van der Waals surface area contributed by atoms with Crippen LogP contribution in [0.2, 0.25) is 0 Å². The van der Waals surface area contributed by atoms with E-state index in [4.69, 9.17) is 0 Å². The standard InChI is InChI=1S/C9H10Br/c1-7(2)8-5-3-4-6-9(8)10/h3-6H,1-2H3. The third-order valence-electron chi connectivity index (χ3n) is 1.41. The fourth-order valence-corrected chi connectivity index (χ4v) is 1.55. The molecule has 0 aromatic heterocycles. The third-order valence-corrected chi connectivity index (χ3v) is 2.10. The second-order valence-electron chi connectivity index (χ2n) is 2.48. The van der Waals surface area contributed by atoms with Crippen LogP contribution in [0.15, 0.2) is 28.7 Å². The second-order valence-corrected chi connectivity index (χ2v) is 3.33. The lowest BCUT2D eigenvalue weighted by Crippen LogP contribution is -1.87. The third kappa shape index (κ3) is 1.60. The molecule has 0 aliphatic carbocycles. The fourth-order valence-electron chi connectivity index (χ4n) is 0.867. The van der Waals surface area contributed by atoms with Gasteiger partial charge in [0.05, 0.1) is 0 Å². The summed E-state index contributed by atoms with van der Waals surface area (Å²) in [6.07, 6.45) is 0. The largest absolute Gasteiger partial charge is 0.0619 e. The van der Waals surface area contributed by atoms with Crippen LogP contribution < -0.4 is 0 Å². The Kier molecular flexibility index (Phi) is 2.50. The number of hydrogen-bond donors (Lipinski definition) is 0. The summed E-state index contributed by atoms with van der Waals surface area (Å²) in [5, 5.41) is 0. The zero-order valence-electron chi connectivity index (χ0n) is 6.19. The van der Waals surface area contributed by atoms with Crippen molar-refractivity contribution < 1.29 is 0 Å². The Morgan fingerprint density at radius 3 is 2.20 bits per heavy atom. The molecule has 1 aromatic carbocycles. The molecule has 0 fully saturated rings. The molecule has 1 radical (unpaired) electrons. The van der Waals surface area contributed by atoms with Crippen molar-refractivity contribution in [3.05, 3.63) is 40.2 Å². The molecule has 0 saturated heterocycles. The van der Waals surface area contributed by atoms with Gasteiger partial charge >= 0.3 is 0 Å². The minimum atomic E-state index is 1.18. The summed E-state index contributed by atoms with van der Waals surface area (Å²) in [6, 6.07) is 8.24. The summed E-state index contributed by atoms with van der Waals surface area (Å²) in [7, 11) is 0. The minimum absolute atomic E-state index is 1.18. The Hall–Kier alpha value is -0.300. The summed E-state index contributed by atoms with van der Waals surface area (Å²) in [4.78, 5) is 0. The normalized spacial score (nSPS) is 10.4. The Morgan fingerprint density at radius 1 is 1.20 bits per heavy atom. The zero-order chi connectivity index (χ0) is 7.56. The van der Waals surface area contributed by atoms with E-state index >= 15 is 0 Å². The minimum Gasteiger partial charge on any atom is -0.0619 e. The maximum atomic E-state index is 3.48. The van der Waals surface area contributed by atoms with Crippen LogP contribution in [-0.2, 0) is 0 Å². The van der Waals surface area contributed by atoms with Crippen LogP contribution in [0.3, 0.4) is 0 Å². The van der Waals surface area contributed by atoms with Crippen molar-refractivity contribution >= 4 is 15.9 Å². The SMILES string of the molecule is C[C](C)c1ccccc1Br. The molecule has 0 aliphatic heterocycles. The molecule has 0 nitrogen and oxygen atoms in total. The molecule has 0 saturated carbocycles. The van der Waals surface area contributed by atoms with Crippen molar-refractivity contribution in [3.8, 4) is 0 Å². The van der Waals surface area contributed by atoms with Crippen LogP contribution in [0.1, 0.15) is 19.4 Å². The molecule has 0 heterocycles. The molecule has 1 heteroatoms. The maximum Gasteiger partial charge on any atom is 0.0213 e. The van der Waals surface area contributed by atoms with Gasteiger partial charge in [-0.15, -0.1) is 0 Å². The van der Waals surface area contributed by atoms with Gasteiger partial charge in [0.2, 0.25) is 0 Å². The fraction of sp³-hybridized carbons (Fsp3) is 0.222. The van der Waals surface area contributed by atoms with Crippen LogP contribution in [0.25, 0.3) is 0 Å². The number of hydrogen-bond acceptors (Lipinski definition) is 0. The molecule has 0 aliphatic rings. The average Bonchev–Trinajstić information content (AvgIpc) is 1.88. The quantitative estimate of drug-likeness (QED) is 0.648. The van der Waals surface area contributed by atoms with Crippen LogP contribution in [0, 0.1) is 5.92 Å². The summed E-state index contributed by atoms with van der Waals surface area (Å²) in [5.41, 5.74) is 1.29. The topological polar surface area (TPSA) is 0 Å². The van der Waals surface area contributed by atoms with Gasteiger partial charge in [-0.05, 0) is 17.5 Å². The van der Waals surface area contributed by atoms with Crippen molar-refractivity contribution in [1.82, 2.24) is 0 Å². The molecule has 0 bridgehead atoms. The van der Waals surface area contributed by atoms with Crippen LogP contribution in [0.4, 0.5) is 0 Å². The highest BCUT2D eigenvalue weighted by molar-refractivity contribution is 9.10. The monoisotopic (exact) mass is 197 g/mol. The average molecular weight is 198 g/mol. The molecule has 0 amide bonds. The molecule has 1 rings (SSSR count). The molecule has 0 unspecified atom stereocenters. The second kappa shape index (κ2) is 3.20. The summed E-state index contributed by atoms with van der Waals surface area (Å²) >= 11 is 3.48. The van der Waals surface area contributed by atoms with Crippen LogP contribution in [0.5, 0.6) is 0 Å². The van der Waals surface area contributed by atoms with Crippen LogP contribution >= 0.6 is 15.9 Å². The van der Waals surface area contributed by atoms with Gasteiger partial charge in [0.1, 0.15) is 0 Å². The van der Waals surface area contributed by atoms with E-state index in [1.165, 1.54) is 16.0 Å². The van der Waals surface area contributed by atoms with Gasteiger partial charge in [0, 0.05) is 4.47 Å². The predicted octanol–water partition coefficient (Wildman–Crippen LogP) is 3.41. The van der Waals surface area contributed by atoms with E-state index < -0.39 is 0 Å². The lowest BCUT2D eigenvalue weighted by molar-refractivity contribution is 1.14. The lowest BCUT2D eigenvalue weighted by atomic mass is 10.0. The molecular weight excluding hydrogens is 188 g/mol. The number of rotatable bonds is 1. The van der Waals surface area contributed by atoms with Crippen molar-refractivity contribution in [1.29, 1.82) is 0 Å². The number of halogens is 1. The Morgan fingerprint density at radius 2 is 1.80 bits per heavy atom. The molecule has 1 aromatic rings. The van der Waals surface area contributed by atoms with Gasteiger partial charge in [-0.2, -0.15) is 0 Å². The Bertz CT molecular complexity index is 216. The van der Waals surface area contributed by atoms with E-state index in [2.05, 4.69) is 41.9 Å². The maximum absolute atomic E-state index is 3.48. The lowest BCUT2D eigenvalue weighted by Gasteiger charge is -2.05. The highest BCUT2D eigenvalue weighted by Crippen LogP contribution is 2.22. The summed E-state index contributed by atoms with van der Waals surface area (Å²) in [5.74, 6) is 1.34. The smallest absolute Gasteiger partial charge is 0.0213 e. The van der Waals surface area contributed by atoms with Gasteiger partial charge in [0.25, 0.3) is 0 Å². The van der Waals surface area contributed by atoms with E-state index in [1.807, 2.05) is 12.1 Å². The summed E-state index contributed by atoms with van der Waals surface area (Å²) < 4.78 is 1.18. The molecular formula is C9H10Br. The van der Waals surface area contributed by atoms with E-state index in [0.717, 1.165) is 0 Å². The molecule has 10 heavy (non-hydrogen) atoms. The van der Waals surface area contributed by atoms with Gasteiger partial charge in [0.15, 0.2) is 0 Å². The first kappa shape index (κ1) is 7.80. The summed E-state index contributed by atoms with van der Waals surface area (Å²) in [6.45, 7) is 4.22. The Balaban J connectivity index is 3.03. The van der Waals surface area contributed by atoms with E-state index in [0.29, 0.717) is 0 Å². The highest BCUT2D eigenvalue weighted by atomic mass is 79.9. The van der Waals surface area contributed by atoms with Gasteiger partial charge < -0.3 is 0 Å². The number of benzene rings is 1. The first-order valence-corrected chi connectivity index (χ1v) is 4.06. The van der Waals surface area contributed by atoms with Gasteiger partial charge in [-0.25, -0.2) is 0 Å². The van der Waals surface area contributed by atoms with Crippen molar-refractivity contribution in [3.63, 3.8) is 0 Å². The first-order valence-electron chi connectivity index (χ1n) is 3.27. The Labute approximate surface area is 70.4 Å². The van der Waals surface area contributed by atoms with E-state index in [-0.39, 0.29) is 0 Å². The molecule has 53 valence electrons. The highest BCUT2D eigenvalue weighted by Gasteiger charge is 2.01. The molecule has 0 atom stereocenters. The molecule has 0 N–H and O–H groups in total. The van der Waals surface area contributed by atoms with E-state index in [1.54, 1.807) is 0 Å². The van der Waals surface area contributed by atoms with E-state index in [9.17, 15) is 0 Å². The van der Waals surface area contributed by atoms with Crippen molar-refractivity contribution in [2.45, 2.75) is 13.8 Å². The van der Waals surface area contributed by atoms with Crippen molar-refractivity contribution in [2.24, 2.45) is 0 Å². The van der Waals surface area contributed by atoms with Crippen molar-refractivity contribution in [2.75, 3.05) is 0 Å². The predicted molar refractivity (Wildman–Crippen MR) is 47.8 cm³/mol. The first-order chi connectivity index (χ1) is 4.72. The molecule has 0 spiro atoms. The zero-order valence-corrected chi connectivity index (χ0v) is 7.77. The van der Waals surface area contributed by atoms with Crippen LogP contribution in [-0.4, -0.2) is 0 Å². The van der Waals surface area contributed by atoms with Gasteiger partial charge in [-0.1, -0.05) is 48.0 Å².